The number of halogens is 1. The Hall–Kier alpha value is -1.54. The molecule has 0 aliphatic heterocycles. The molecule has 150 valence electrons. The van der Waals surface area contributed by atoms with Crippen molar-refractivity contribution in [2.45, 2.75) is 34.1 Å². The van der Waals surface area contributed by atoms with Crippen LogP contribution in [-0.2, 0) is 24.8 Å². The predicted molar refractivity (Wildman–Crippen MR) is 101 cm³/mol. The van der Waals surface area contributed by atoms with E-state index in [-0.39, 0.29) is 6.35 Å². The van der Waals surface area contributed by atoms with Crippen LogP contribution in [0.3, 0.4) is 0 Å². The van der Waals surface area contributed by atoms with Crippen LogP contribution in [0.15, 0.2) is 18.5 Å². The standard InChI is InChI=1S/C13H21N4O4P.C2H6.CH3F/c1-3-20-22(18,21-4-2)10-19-8-7-11-5-6-12-13(14)15-9-16-17(11)12;2*1-2/h5-6,9H,3-4,7-8,10H2,1-2H3,(H2,14,15,16);1-2H3;1H3. The van der Waals surface area contributed by atoms with Crippen molar-refractivity contribution in [3.8, 4) is 0 Å². The maximum Gasteiger partial charge on any atom is 0.356 e. The number of nitrogen functional groups attached to an aromatic ring is 1. The Morgan fingerprint density at radius 2 is 1.81 bits per heavy atom. The molecule has 2 heterocycles. The highest BCUT2D eigenvalue weighted by Gasteiger charge is 2.23. The highest BCUT2D eigenvalue weighted by Crippen LogP contribution is 2.47. The first-order chi connectivity index (χ1) is 12.6. The lowest BCUT2D eigenvalue weighted by atomic mass is 10.3. The summed E-state index contributed by atoms with van der Waals surface area (Å²) in [7, 11) is -2.66. The lowest BCUT2D eigenvalue weighted by Crippen LogP contribution is -2.08. The number of alkyl halides is 1. The summed E-state index contributed by atoms with van der Waals surface area (Å²) in [5.41, 5.74) is 7.47. The normalized spacial score (nSPS) is 10.7. The topological polar surface area (TPSA) is 101 Å². The molecule has 0 amide bonds. The van der Waals surface area contributed by atoms with E-state index in [4.69, 9.17) is 19.5 Å². The third kappa shape index (κ3) is 7.37. The lowest BCUT2D eigenvalue weighted by Gasteiger charge is -2.16. The summed E-state index contributed by atoms with van der Waals surface area (Å²) in [6, 6.07) is 3.77. The third-order valence-electron chi connectivity index (χ3n) is 2.96. The molecule has 26 heavy (non-hydrogen) atoms. The second-order valence-electron chi connectivity index (χ2n) is 4.50. The minimum Gasteiger partial charge on any atom is -0.382 e. The van der Waals surface area contributed by atoms with Gasteiger partial charge in [-0.3, -0.25) is 8.96 Å². The average molecular weight is 392 g/mol. The maximum atomic E-state index is 12.2. The molecule has 0 atom stereocenters. The van der Waals surface area contributed by atoms with Gasteiger partial charge in [0.1, 0.15) is 18.2 Å². The Labute approximate surface area is 154 Å². The Balaban J connectivity index is 0.00000146. The van der Waals surface area contributed by atoms with Crippen molar-refractivity contribution < 1.29 is 22.7 Å². The van der Waals surface area contributed by atoms with E-state index in [0.29, 0.717) is 39.2 Å². The number of ether oxygens (including phenoxy) is 1. The van der Waals surface area contributed by atoms with Crippen molar-refractivity contribution in [3.63, 3.8) is 0 Å². The van der Waals surface area contributed by atoms with Crippen LogP contribution >= 0.6 is 7.60 Å². The highest BCUT2D eigenvalue weighted by molar-refractivity contribution is 7.53. The van der Waals surface area contributed by atoms with Crippen LogP contribution in [0.5, 0.6) is 0 Å². The Bertz CT molecular complexity index is 659. The van der Waals surface area contributed by atoms with E-state index in [1.807, 2.05) is 26.0 Å². The van der Waals surface area contributed by atoms with Gasteiger partial charge in [0.05, 0.1) is 27.0 Å². The minimum absolute atomic E-state index is 0.0604. The zero-order valence-corrected chi connectivity index (χ0v) is 17.0. The molecule has 0 spiro atoms. The molecule has 0 bridgehead atoms. The quantitative estimate of drug-likeness (QED) is 0.513. The molecule has 0 saturated heterocycles. The Kier molecular flexibility index (Phi) is 12.8. The summed E-state index contributed by atoms with van der Waals surface area (Å²) in [4.78, 5) is 3.93. The molecule has 2 N–H and O–H groups in total. The second-order valence-corrected chi connectivity index (χ2v) is 6.50. The summed E-state index contributed by atoms with van der Waals surface area (Å²) in [5, 5.41) is 4.15. The molecule has 0 unspecified atom stereocenters. The van der Waals surface area contributed by atoms with E-state index in [0.717, 1.165) is 11.2 Å². The van der Waals surface area contributed by atoms with Gasteiger partial charge in [-0.05, 0) is 26.0 Å². The van der Waals surface area contributed by atoms with Gasteiger partial charge in [0, 0.05) is 12.1 Å². The SMILES string of the molecule is CC.CCOP(=O)(COCCc1ccc2c(N)ncnn12)OCC.CF. The molecular weight excluding hydrogens is 362 g/mol. The van der Waals surface area contributed by atoms with E-state index in [1.54, 1.807) is 18.4 Å². The molecule has 0 aliphatic carbocycles. The predicted octanol–water partition coefficient (Wildman–Crippen LogP) is 3.71. The third-order valence-corrected chi connectivity index (χ3v) is 4.77. The first kappa shape index (κ1) is 24.5. The fourth-order valence-corrected chi connectivity index (χ4v) is 3.42. The van der Waals surface area contributed by atoms with Crippen molar-refractivity contribution in [2.75, 3.05) is 39.1 Å². The van der Waals surface area contributed by atoms with Gasteiger partial charge in [0.2, 0.25) is 0 Å². The van der Waals surface area contributed by atoms with Crippen molar-refractivity contribution in [3.05, 3.63) is 24.2 Å². The number of fused-ring (bicyclic) bond motifs is 1. The van der Waals surface area contributed by atoms with E-state index < -0.39 is 7.60 Å². The van der Waals surface area contributed by atoms with Crippen LogP contribution in [-0.4, -0.2) is 47.9 Å². The minimum atomic E-state index is -3.16. The van der Waals surface area contributed by atoms with Gasteiger partial charge in [-0.15, -0.1) is 0 Å². The molecule has 0 aliphatic rings. The molecule has 8 nitrogen and oxygen atoms in total. The Morgan fingerprint density at radius 1 is 1.19 bits per heavy atom. The molecule has 2 aromatic heterocycles. The van der Waals surface area contributed by atoms with E-state index in [9.17, 15) is 8.96 Å². The lowest BCUT2D eigenvalue weighted by molar-refractivity contribution is 0.133. The summed E-state index contributed by atoms with van der Waals surface area (Å²) >= 11 is 0. The first-order valence-electron chi connectivity index (χ1n) is 8.50. The highest BCUT2D eigenvalue weighted by atomic mass is 31.2. The molecule has 0 aromatic carbocycles. The average Bonchev–Trinajstić information content (AvgIpc) is 3.07. The van der Waals surface area contributed by atoms with Gasteiger partial charge >= 0.3 is 7.60 Å². The number of nitrogens with zero attached hydrogens (tertiary/aromatic N) is 3. The van der Waals surface area contributed by atoms with Gasteiger partial charge in [-0.2, -0.15) is 5.10 Å². The second kappa shape index (κ2) is 13.6. The molecule has 2 aromatic rings. The number of hydrogen-bond acceptors (Lipinski definition) is 7. The van der Waals surface area contributed by atoms with Crippen molar-refractivity contribution in [1.29, 1.82) is 0 Å². The van der Waals surface area contributed by atoms with Gasteiger partial charge in [0.15, 0.2) is 5.82 Å². The zero-order valence-electron chi connectivity index (χ0n) is 16.1. The molecule has 2 rings (SSSR count). The number of rotatable bonds is 9. The molecule has 10 heteroatoms. The van der Waals surface area contributed by atoms with Crippen LogP contribution in [0.2, 0.25) is 0 Å². The molecular formula is C16H30FN4O4P. The van der Waals surface area contributed by atoms with Crippen LogP contribution in [0.25, 0.3) is 5.52 Å². The van der Waals surface area contributed by atoms with Crippen molar-refractivity contribution >= 4 is 18.9 Å². The largest absolute Gasteiger partial charge is 0.382 e. The summed E-state index contributed by atoms with van der Waals surface area (Å²) < 4.78 is 39.2. The monoisotopic (exact) mass is 392 g/mol. The van der Waals surface area contributed by atoms with Crippen LogP contribution in [0, 0.1) is 0 Å². The Morgan fingerprint density at radius 3 is 2.38 bits per heavy atom. The summed E-state index contributed by atoms with van der Waals surface area (Å²) in [6.45, 7) is 8.55. The fourth-order valence-electron chi connectivity index (χ4n) is 2.05. The number of nitrogens with two attached hydrogens (primary N) is 1. The smallest absolute Gasteiger partial charge is 0.356 e. The summed E-state index contributed by atoms with van der Waals surface area (Å²) in [6.07, 6.45) is 1.95. The van der Waals surface area contributed by atoms with Crippen LogP contribution in [0.4, 0.5) is 10.2 Å². The molecule has 0 radical (unpaired) electrons. The maximum absolute atomic E-state index is 12.2. The van der Waals surface area contributed by atoms with E-state index in [2.05, 4.69) is 10.1 Å². The number of aromatic nitrogens is 3. The van der Waals surface area contributed by atoms with Gasteiger partial charge in [-0.25, -0.2) is 9.50 Å². The first-order valence-corrected chi connectivity index (χ1v) is 10.2. The number of anilines is 1. The van der Waals surface area contributed by atoms with Crippen molar-refractivity contribution in [1.82, 2.24) is 14.6 Å². The van der Waals surface area contributed by atoms with Crippen LogP contribution in [0.1, 0.15) is 33.4 Å². The van der Waals surface area contributed by atoms with E-state index >= 15 is 0 Å². The number of hydrogen-bond donors (Lipinski definition) is 1. The zero-order chi connectivity index (χ0) is 20.0. The summed E-state index contributed by atoms with van der Waals surface area (Å²) in [5.74, 6) is 0.430. The van der Waals surface area contributed by atoms with Gasteiger partial charge in [0.25, 0.3) is 0 Å². The van der Waals surface area contributed by atoms with Gasteiger partial charge < -0.3 is 19.5 Å². The van der Waals surface area contributed by atoms with Crippen LogP contribution < -0.4 is 5.73 Å². The fraction of sp³-hybridized carbons (Fsp3) is 0.625. The van der Waals surface area contributed by atoms with Gasteiger partial charge in [-0.1, -0.05) is 13.8 Å². The molecule has 0 saturated carbocycles. The van der Waals surface area contributed by atoms with Crippen molar-refractivity contribution in [2.24, 2.45) is 0 Å². The molecule has 0 fully saturated rings. The van der Waals surface area contributed by atoms with E-state index in [1.165, 1.54) is 6.33 Å².